The van der Waals surface area contributed by atoms with Crippen molar-refractivity contribution in [3.63, 3.8) is 0 Å². The number of nitrogens with zero attached hydrogens (tertiary/aromatic N) is 5. The molecule has 4 aromatic rings. The third kappa shape index (κ3) is 3.19. The summed E-state index contributed by atoms with van der Waals surface area (Å²) in [6.45, 7) is 4.67. The molecule has 0 aliphatic heterocycles. The van der Waals surface area contributed by atoms with Crippen LogP contribution in [0.1, 0.15) is 16.8 Å². The molecule has 0 unspecified atom stereocenters. The van der Waals surface area contributed by atoms with E-state index in [0.717, 1.165) is 22.6 Å². The predicted octanol–water partition coefficient (Wildman–Crippen LogP) is 3.42. The molecule has 124 valence electrons. The van der Waals surface area contributed by atoms with Crippen LogP contribution in [0.25, 0.3) is 17.2 Å². The maximum atomic E-state index is 4.63. The molecule has 0 amide bonds. The summed E-state index contributed by atoms with van der Waals surface area (Å²) in [6.07, 6.45) is 3.61. The Kier molecular flexibility index (Phi) is 3.85. The van der Waals surface area contributed by atoms with Crippen molar-refractivity contribution in [2.45, 2.75) is 20.4 Å². The Morgan fingerprint density at radius 2 is 1.88 bits per heavy atom. The zero-order valence-corrected chi connectivity index (χ0v) is 14.1. The normalized spacial score (nSPS) is 11.0. The van der Waals surface area contributed by atoms with E-state index in [-0.39, 0.29) is 0 Å². The van der Waals surface area contributed by atoms with Crippen molar-refractivity contribution in [3.05, 3.63) is 71.7 Å². The van der Waals surface area contributed by atoms with Crippen molar-refractivity contribution in [3.8, 4) is 11.4 Å². The zero-order chi connectivity index (χ0) is 17.2. The van der Waals surface area contributed by atoms with Crippen LogP contribution < -0.4 is 5.32 Å². The molecule has 4 rings (SSSR count). The molecule has 1 N–H and O–H groups in total. The van der Waals surface area contributed by atoms with Gasteiger partial charge in [-0.15, -0.1) is 5.10 Å². The summed E-state index contributed by atoms with van der Waals surface area (Å²) in [5.41, 5.74) is 4.18. The number of pyridine rings is 1. The lowest BCUT2D eigenvalue weighted by Gasteiger charge is -2.08. The van der Waals surface area contributed by atoms with Gasteiger partial charge in [-0.05, 0) is 25.5 Å². The lowest BCUT2D eigenvalue weighted by Crippen LogP contribution is -2.07. The van der Waals surface area contributed by atoms with Gasteiger partial charge in [-0.3, -0.25) is 4.98 Å². The second-order valence-electron chi connectivity index (χ2n) is 6.01. The molecule has 0 fully saturated rings. The Balaban J connectivity index is 1.70. The molecular weight excluding hydrogens is 312 g/mol. The highest BCUT2D eigenvalue weighted by Crippen LogP contribution is 2.19. The van der Waals surface area contributed by atoms with Crippen molar-refractivity contribution in [1.29, 1.82) is 0 Å². The quantitative estimate of drug-likeness (QED) is 0.621. The standard InChI is InChI=1S/C19H18N6/c1-13-5-7-16(8-6-13)18-23-19-22-14(2)10-17(25(19)24-18)21-12-15-4-3-9-20-11-15/h3-11,21H,12H2,1-2H3. The van der Waals surface area contributed by atoms with E-state index < -0.39 is 0 Å². The van der Waals surface area contributed by atoms with Gasteiger partial charge in [0.15, 0.2) is 5.82 Å². The van der Waals surface area contributed by atoms with Crippen LogP contribution in [0, 0.1) is 13.8 Å². The molecule has 0 aliphatic rings. The van der Waals surface area contributed by atoms with E-state index >= 15 is 0 Å². The van der Waals surface area contributed by atoms with Gasteiger partial charge in [-0.1, -0.05) is 35.9 Å². The highest BCUT2D eigenvalue weighted by molar-refractivity contribution is 5.59. The number of nitrogens with one attached hydrogen (secondary N) is 1. The van der Waals surface area contributed by atoms with Crippen LogP contribution >= 0.6 is 0 Å². The van der Waals surface area contributed by atoms with E-state index in [1.807, 2.05) is 43.5 Å². The minimum Gasteiger partial charge on any atom is -0.366 e. The van der Waals surface area contributed by atoms with Gasteiger partial charge in [0.2, 0.25) is 0 Å². The van der Waals surface area contributed by atoms with Crippen molar-refractivity contribution < 1.29 is 0 Å². The SMILES string of the molecule is Cc1ccc(-c2nc3nc(C)cc(NCc4cccnc4)n3n2)cc1. The molecule has 0 saturated carbocycles. The Morgan fingerprint density at radius 1 is 1.04 bits per heavy atom. The number of benzene rings is 1. The van der Waals surface area contributed by atoms with Gasteiger partial charge < -0.3 is 5.32 Å². The minimum absolute atomic E-state index is 0.587. The lowest BCUT2D eigenvalue weighted by molar-refractivity contribution is 0.917. The monoisotopic (exact) mass is 330 g/mol. The summed E-state index contributed by atoms with van der Waals surface area (Å²) in [5, 5.41) is 8.03. The van der Waals surface area contributed by atoms with Gasteiger partial charge >= 0.3 is 0 Å². The molecule has 6 nitrogen and oxygen atoms in total. The highest BCUT2D eigenvalue weighted by atomic mass is 15.4. The Hall–Kier alpha value is -3.28. The maximum absolute atomic E-state index is 4.63. The largest absolute Gasteiger partial charge is 0.366 e. The Bertz CT molecular complexity index is 1010. The molecule has 0 saturated heterocycles. The molecule has 3 aromatic heterocycles. The minimum atomic E-state index is 0.587. The summed E-state index contributed by atoms with van der Waals surface area (Å²) in [4.78, 5) is 13.2. The highest BCUT2D eigenvalue weighted by Gasteiger charge is 2.11. The van der Waals surface area contributed by atoms with E-state index in [1.165, 1.54) is 5.56 Å². The van der Waals surface area contributed by atoms with Crippen molar-refractivity contribution in [1.82, 2.24) is 24.6 Å². The van der Waals surface area contributed by atoms with Crippen LogP contribution in [0.15, 0.2) is 54.9 Å². The van der Waals surface area contributed by atoms with Gasteiger partial charge in [0.05, 0.1) is 0 Å². The fraction of sp³-hybridized carbons (Fsp3) is 0.158. The van der Waals surface area contributed by atoms with Gasteiger partial charge in [0, 0.05) is 36.3 Å². The van der Waals surface area contributed by atoms with Crippen LogP contribution in [0.2, 0.25) is 0 Å². The third-order valence-electron chi connectivity index (χ3n) is 3.95. The fourth-order valence-electron chi connectivity index (χ4n) is 2.63. The first-order chi connectivity index (χ1) is 12.2. The van der Waals surface area contributed by atoms with E-state index in [2.05, 4.69) is 44.4 Å². The number of aryl methyl sites for hydroxylation is 2. The molecule has 0 atom stereocenters. The number of fused-ring (bicyclic) bond motifs is 1. The van der Waals surface area contributed by atoms with E-state index in [1.54, 1.807) is 10.7 Å². The molecule has 0 spiro atoms. The van der Waals surface area contributed by atoms with E-state index in [9.17, 15) is 0 Å². The molecule has 3 heterocycles. The number of hydrogen-bond acceptors (Lipinski definition) is 5. The van der Waals surface area contributed by atoms with Crippen LogP contribution in [0.3, 0.4) is 0 Å². The second-order valence-corrected chi connectivity index (χ2v) is 6.01. The topological polar surface area (TPSA) is 68.0 Å². The van der Waals surface area contributed by atoms with Crippen LogP contribution in [0.4, 0.5) is 5.82 Å². The third-order valence-corrected chi connectivity index (χ3v) is 3.95. The van der Waals surface area contributed by atoms with Gasteiger partial charge in [-0.25, -0.2) is 4.98 Å². The number of rotatable bonds is 4. The second kappa shape index (κ2) is 6.32. The molecule has 0 bridgehead atoms. The molecular formula is C19H18N6. The van der Waals surface area contributed by atoms with Gasteiger partial charge in [-0.2, -0.15) is 9.50 Å². The molecule has 6 heteroatoms. The average Bonchev–Trinajstić information content (AvgIpc) is 3.05. The van der Waals surface area contributed by atoms with Crippen molar-refractivity contribution >= 4 is 11.6 Å². The summed E-state index contributed by atoms with van der Waals surface area (Å²) in [7, 11) is 0. The van der Waals surface area contributed by atoms with Crippen molar-refractivity contribution in [2.75, 3.05) is 5.32 Å². The van der Waals surface area contributed by atoms with Gasteiger partial charge in [0.1, 0.15) is 5.82 Å². The Labute approximate surface area is 145 Å². The number of aromatic nitrogens is 5. The summed E-state index contributed by atoms with van der Waals surface area (Å²) >= 11 is 0. The first-order valence-electron chi connectivity index (χ1n) is 8.13. The average molecular weight is 330 g/mol. The lowest BCUT2D eigenvalue weighted by atomic mass is 10.1. The Morgan fingerprint density at radius 3 is 2.64 bits per heavy atom. The van der Waals surface area contributed by atoms with E-state index in [0.29, 0.717) is 18.1 Å². The summed E-state index contributed by atoms with van der Waals surface area (Å²) in [6, 6.07) is 14.1. The molecule has 25 heavy (non-hydrogen) atoms. The first-order valence-corrected chi connectivity index (χ1v) is 8.13. The zero-order valence-electron chi connectivity index (χ0n) is 14.1. The van der Waals surface area contributed by atoms with Crippen LogP contribution in [-0.2, 0) is 6.54 Å². The number of hydrogen-bond donors (Lipinski definition) is 1. The van der Waals surface area contributed by atoms with Crippen molar-refractivity contribution in [2.24, 2.45) is 0 Å². The maximum Gasteiger partial charge on any atom is 0.254 e. The summed E-state index contributed by atoms with van der Waals surface area (Å²) in [5.74, 6) is 2.11. The van der Waals surface area contributed by atoms with Crippen LogP contribution in [-0.4, -0.2) is 24.6 Å². The number of anilines is 1. The molecule has 0 radical (unpaired) electrons. The van der Waals surface area contributed by atoms with Crippen LogP contribution in [0.5, 0.6) is 0 Å². The smallest absolute Gasteiger partial charge is 0.254 e. The first kappa shape index (κ1) is 15.3. The molecule has 0 aliphatic carbocycles. The molecule has 1 aromatic carbocycles. The predicted molar refractivity (Wildman–Crippen MR) is 97.3 cm³/mol. The fourth-order valence-corrected chi connectivity index (χ4v) is 2.63. The van der Waals surface area contributed by atoms with Gasteiger partial charge in [0.25, 0.3) is 5.78 Å². The summed E-state index contributed by atoms with van der Waals surface area (Å²) < 4.78 is 1.75. The van der Waals surface area contributed by atoms with E-state index in [4.69, 9.17) is 0 Å².